The van der Waals surface area contributed by atoms with E-state index in [2.05, 4.69) is 42.8 Å². The molecule has 1 aliphatic rings. The Kier molecular flexibility index (Phi) is 6.45. The minimum Gasteiger partial charge on any atom is -0.384 e. The lowest BCUT2D eigenvalue weighted by Crippen LogP contribution is -2.14. The number of amidine groups is 1. The third kappa shape index (κ3) is 4.41. The maximum atomic E-state index is 15.6. The minimum absolute atomic E-state index is 0.112. The van der Waals surface area contributed by atoms with Crippen LogP contribution < -0.4 is 5.73 Å². The predicted molar refractivity (Wildman–Crippen MR) is 117 cm³/mol. The second-order valence-electron chi connectivity index (χ2n) is 7.62. The average Bonchev–Trinajstić information content (AvgIpc) is 2.65. The Morgan fingerprint density at radius 2 is 1.96 bits per heavy atom. The molecule has 2 nitrogen and oxygen atoms in total. The van der Waals surface area contributed by atoms with Crippen LogP contribution in [0.4, 0.5) is 4.39 Å². The molecular weight excluding hydrogens is 347 g/mol. The highest BCUT2D eigenvalue weighted by Crippen LogP contribution is 2.40. The number of aryl methyl sites for hydroxylation is 2. The quantitative estimate of drug-likeness (QED) is 0.461. The van der Waals surface area contributed by atoms with Gasteiger partial charge in [0.25, 0.3) is 0 Å². The van der Waals surface area contributed by atoms with E-state index >= 15 is 4.39 Å². The Bertz CT molecular complexity index is 920. The number of nitrogens with two attached hydrogens (primary N) is 1. The maximum Gasteiger partial charge on any atom is 0.134 e. The van der Waals surface area contributed by atoms with Gasteiger partial charge in [0.05, 0.1) is 0 Å². The van der Waals surface area contributed by atoms with E-state index in [9.17, 15) is 0 Å². The molecule has 0 unspecified atom stereocenters. The van der Waals surface area contributed by atoms with E-state index in [1.807, 2.05) is 19.1 Å². The number of hydrogen-bond acceptors (Lipinski definition) is 1. The summed E-state index contributed by atoms with van der Waals surface area (Å²) in [6.45, 7) is 7.57. The van der Waals surface area contributed by atoms with Crippen molar-refractivity contribution in [1.29, 1.82) is 0 Å². The van der Waals surface area contributed by atoms with Crippen LogP contribution in [0.15, 0.2) is 60.2 Å². The van der Waals surface area contributed by atoms with Crippen LogP contribution in [0.3, 0.4) is 0 Å². The number of benzene rings is 2. The molecule has 2 N–H and O–H groups in total. The summed E-state index contributed by atoms with van der Waals surface area (Å²) in [7, 11) is 0. The summed E-state index contributed by atoms with van der Waals surface area (Å²) in [5, 5.41) is 0. The zero-order valence-electron chi connectivity index (χ0n) is 16.8. The highest BCUT2D eigenvalue weighted by molar-refractivity contribution is 5.91. The second-order valence-corrected chi connectivity index (χ2v) is 7.62. The van der Waals surface area contributed by atoms with Crippen molar-refractivity contribution in [3.63, 3.8) is 0 Å². The van der Waals surface area contributed by atoms with Gasteiger partial charge in [0.2, 0.25) is 0 Å². The van der Waals surface area contributed by atoms with E-state index in [-0.39, 0.29) is 5.82 Å². The molecule has 0 aromatic heterocycles. The van der Waals surface area contributed by atoms with Gasteiger partial charge in [-0.25, -0.2) is 9.38 Å². The normalized spacial score (nSPS) is 15.4. The summed E-state index contributed by atoms with van der Waals surface area (Å²) in [6.07, 6.45) is 8.20. The third-order valence-corrected chi connectivity index (χ3v) is 5.77. The minimum atomic E-state index is -0.112. The largest absolute Gasteiger partial charge is 0.384 e. The number of rotatable bonds is 7. The number of aliphatic imine (C=N–C) groups is 1. The molecule has 1 saturated carbocycles. The van der Waals surface area contributed by atoms with Gasteiger partial charge in [-0.3, -0.25) is 0 Å². The molecular formula is C25H29FN2. The van der Waals surface area contributed by atoms with Gasteiger partial charge in [0.15, 0.2) is 0 Å². The van der Waals surface area contributed by atoms with Crippen molar-refractivity contribution in [3.8, 4) is 0 Å². The molecule has 1 aliphatic carbocycles. The molecule has 0 heterocycles. The molecule has 2 aromatic carbocycles. The molecule has 3 heteroatoms. The summed E-state index contributed by atoms with van der Waals surface area (Å²) in [6, 6.07) is 12.4. The first-order valence-electron chi connectivity index (χ1n) is 10.00. The van der Waals surface area contributed by atoms with E-state index in [4.69, 9.17) is 5.73 Å². The number of halogens is 1. The van der Waals surface area contributed by atoms with Crippen LogP contribution in [0, 0.1) is 12.7 Å². The van der Waals surface area contributed by atoms with Crippen molar-refractivity contribution in [2.75, 3.05) is 0 Å². The lowest BCUT2D eigenvalue weighted by atomic mass is 9.76. The fourth-order valence-electron chi connectivity index (χ4n) is 3.74. The molecule has 2 aromatic rings. The van der Waals surface area contributed by atoms with Crippen LogP contribution in [0.2, 0.25) is 0 Å². The van der Waals surface area contributed by atoms with E-state index in [1.165, 1.54) is 29.2 Å². The second kappa shape index (κ2) is 9.01. The summed E-state index contributed by atoms with van der Waals surface area (Å²) in [4.78, 5) is 4.13. The smallest absolute Gasteiger partial charge is 0.134 e. The summed E-state index contributed by atoms with van der Waals surface area (Å²) in [5.74, 6) is 0.707. The van der Waals surface area contributed by atoms with Crippen LogP contribution in [0.5, 0.6) is 0 Å². The first-order valence-corrected chi connectivity index (χ1v) is 10.00. The predicted octanol–water partition coefficient (Wildman–Crippen LogP) is 6.09. The van der Waals surface area contributed by atoms with Crippen molar-refractivity contribution in [1.82, 2.24) is 0 Å². The molecule has 0 atom stereocenters. The Hall–Kier alpha value is -2.68. The third-order valence-electron chi connectivity index (χ3n) is 5.77. The van der Waals surface area contributed by atoms with Crippen molar-refractivity contribution in [2.45, 2.75) is 51.9 Å². The van der Waals surface area contributed by atoms with Crippen molar-refractivity contribution >= 4 is 11.4 Å². The number of hydrogen-bond donors (Lipinski definition) is 1. The van der Waals surface area contributed by atoms with Crippen molar-refractivity contribution in [2.24, 2.45) is 10.7 Å². The van der Waals surface area contributed by atoms with Crippen LogP contribution in [0.25, 0.3) is 5.57 Å². The molecule has 0 aliphatic heterocycles. The van der Waals surface area contributed by atoms with Crippen LogP contribution in [0.1, 0.15) is 59.9 Å². The molecule has 1 fully saturated rings. The molecule has 0 radical (unpaired) electrons. The first-order chi connectivity index (χ1) is 13.5. The Balaban J connectivity index is 1.95. The van der Waals surface area contributed by atoms with Crippen LogP contribution >= 0.6 is 0 Å². The Morgan fingerprint density at radius 1 is 1.21 bits per heavy atom. The van der Waals surface area contributed by atoms with Crippen molar-refractivity contribution < 1.29 is 4.39 Å². The topological polar surface area (TPSA) is 38.4 Å². The molecule has 0 saturated heterocycles. The standard InChI is InChI=1S/C25H29FN2/c1-4-24(27)28-16-18(3)21-14-15-22(20-10-7-11-20)23(25(21)26)13-12-19-9-6-5-8-17(19)2/h4-6,8-9,14-16,20H,1,7,10-13H2,2-3H3,(H2,27,28)/b18-16+. The monoisotopic (exact) mass is 376 g/mol. The molecule has 146 valence electrons. The van der Waals surface area contributed by atoms with E-state index < -0.39 is 0 Å². The van der Waals surface area contributed by atoms with E-state index in [0.29, 0.717) is 23.7 Å². The SMILES string of the molecule is C=C/C(N)=N\C=C(/C)c1ccc(C2CCC2)c(CCc2ccccc2C)c1F. The highest BCUT2D eigenvalue weighted by Gasteiger charge is 2.25. The zero-order chi connectivity index (χ0) is 20.1. The maximum absolute atomic E-state index is 15.6. The van der Waals surface area contributed by atoms with Gasteiger partial charge >= 0.3 is 0 Å². The number of allylic oxidation sites excluding steroid dienone is 1. The Labute approximate surface area is 167 Å². The zero-order valence-corrected chi connectivity index (χ0v) is 16.8. The Morgan fingerprint density at radius 3 is 2.61 bits per heavy atom. The number of nitrogens with zero attached hydrogens (tertiary/aromatic N) is 1. The van der Waals surface area contributed by atoms with Gasteiger partial charge in [-0.1, -0.05) is 49.4 Å². The molecule has 28 heavy (non-hydrogen) atoms. The van der Waals surface area contributed by atoms with Gasteiger partial charge in [-0.15, -0.1) is 0 Å². The lowest BCUT2D eigenvalue weighted by molar-refractivity contribution is 0.414. The van der Waals surface area contributed by atoms with Gasteiger partial charge in [-0.05, 0) is 79.4 Å². The molecule has 0 bridgehead atoms. The van der Waals surface area contributed by atoms with Crippen LogP contribution in [-0.2, 0) is 12.8 Å². The molecule has 0 amide bonds. The molecule has 0 spiro atoms. The first kappa shape index (κ1) is 20.1. The van der Waals surface area contributed by atoms with Gasteiger partial charge in [-0.2, -0.15) is 0 Å². The summed E-state index contributed by atoms with van der Waals surface area (Å²) >= 11 is 0. The van der Waals surface area contributed by atoms with E-state index in [0.717, 1.165) is 30.4 Å². The van der Waals surface area contributed by atoms with Crippen LogP contribution in [-0.4, -0.2) is 5.84 Å². The lowest BCUT2D eigenvalue weighted by Gasteiger charge is -2.29. The molecule has 3 rings (SSSR count). The average molecular weight is 377 g/mol. The van der Waals surface area contributed by atoms with E-state index in [1.54, 1.807) is 6.20 Å². The summed E-state index contributed by atoms with van der Waals surface area (Å²) < 4.78 is 15.6. The van der Waals surface area contributed by atoms with Gasteiger partial charge < -0.3 is 5.73 Å². The fraction of sp³-hybridized carbons (Fsp3) is 0.320. The summed E-state index contributed by atoms with van der Waals surface area (Å²) in [5.41, 5.74) is 11.6. The van der Waals surface area contributed by atoms with Gasteiger partial charge in [0.1, 0.15) is 11.7 Å². The fourth-order valence-corrected chi connectivity index (χ4v) is 3.74. The highest BCUT2D eigenvalue weighted by atomic mass is 19.1. The van der Waals surface area contributed by atoms with Gasteiger partial charge in [0, 0.05) is 11.8 Å². The van der Waals surface area contributed by atoms with Crippen molar-refractivity contribution in [3.05, 3.63) is 88.9 Å².